The first-order valence-electron chi connectivity index (χ1n) is 8.25. The van der Waals surface area contributed by atoms with Gasteiger partial charge in [-0.2, -0.15) is 5.10 Å². The number of rotatable bonds is 4. The van der Waals surface area contributed by atoms with Crippen molar-refractivity contribution in [2.75, 3.05) is 5.09 Å². The average molecular weight is 379 g/mol. The Balaban J connectivity index is 1.77. The highest BCUT2D eigenvalue weighted by atomic mass is 32.2. The lowest BCUT2D eigenvalue weighted by molar-refractivity contribution is 0.589. The lowest BCUT2D eigenvalue weighted by atomic mass is 10.2. The predicted octanol–water partition coefficient (Wildman–Crippen LogP) is 6.15. The van der Waals surface area contributed by atoms with Gasteiger partial charge in [-0.3, -0.25) is 9.66 Å². The summed E-state index contributed by atoms with van der Waals surface area (Å²) in [5.74, 6) is 4.26. The first-order valence-corrected chi connectivity index (χ1v) is 10.9. The van der Waals surface area contributed by atoms with E-state index in [1.54, 1.807) is 11.8 Å². The molecule has 1 aliphatic heterocycles. The average Bonchev–Trinajstić information content (AvgIpc) is 3.06. The molecule has 2 aromatic carbocycles. The van der Waals surface area contributed by atoms with Crippen molar-refractivity contribution in [2.45, 2.75) is 6.92 Å². The number of thioether (sulfide) groups is 1. The van der Waals surface area contributed by atoms with Gasteiger partial charge in [0, 0.05) is 33.2 Å². The number of aromatic nitrogens is 2. The molecule has 0 radical (unpaired) electrons. The number of nitrogens with one attached hydrogen (secondary N) is 2. The predicted molar refractivity (Wildman–Crippen MR) is 111 cm³/mol. The molecule has 2 heterocycles. The van der Waals surface area contributed by atoms with E-state index in [0.29, 0.717) is 5.82 Å². The van der Waals surface area contributed by atoms with Crippen LogP contribution in [-0.4, -0.2) is 10.2 Å². The molecule has 0 saturated carbocycles. The van der Waals surface area contributed by atoms with Crippen molar-refractivity contribution in [3.05, 3.63) is 95.2 Å². The summed E-state index contributed by atoms with van der Waals surface area (Å²) in [5, 5.41) is 10.2. The van der Waals surface area contributed by atoms with Crippen molar-refractivity contribution in [3.8, 4) is 0 Å². The van der Waals surface area contributed by atoms with Crippen molar-refractivity contribution < 1.29 is 4.57 Å². The smallest absolute Gasteiger partial charge is 0.216 e. The minimum Gasteiger partial charge on any atom is -0.313 e. The number of benzene rings is 2. The van der Waals surface area contributed by atoms with Crippen LogP contribution in [0.25, 0.3) is 9.81 Å². The van der Waals surface area contributed by atoms with Crippen molar-refractivity contribution >= 4 is 34.7 Å². The molecule has 3 aromatic rings. The minimum atomic E-state index is -2.94. The fraction of sp³-hybridized carbons (Fsp3) is 0.0500. The summed E-state index contributed by atoms with van der Waals surface area (Å²) >= 11 is 1.64. The van der Waals surface area contributed by atoms with Crippen LogP contribution in [0.4, 0.5) is 5.82 Å². The van der Waals surface area contributed by atoms with Gasteiger partial charge in [-0.1, -0.05) is 72.4 Å². The second-order valence-electron chi connectivity index (χ2n) is 6.08. The second-order valence-corrected chi connectivity index (χ2v) is 9.32. The number of aromatic amines is 1. The first kappa shape index (κ1) is 17.0. The van der Waals surface area contributed by atoms with Crippen LogP contribution in [0.15, 0.2) is 78.4 Å². The summed E-state index contributed by atoms with van der Waals surface area (Å²) in [4.78, 5) is 1.96. The molecular weight excluding hydrogens is 361 g/mol. The Hall–Kier alpha value is -2.49. The number of hydrogen-bond donors (Lipinski definition) is 2. The zero-order valence-electron chi connectivity index (χ0n) is 14.2. The highest BCUT2D eigenvalue weighted by Crippen LogP contribution is 2.60. The first-order chi connectivity index (χ1) is 12.6. The zero-order chi connectivity index (χ0) is 18.0. The number of hydrogen-bond acceptors (Lipinski definition) is 3. The molecule has 0 fully saturated rings. The van der Waals surface area contributed by atoms with E-state index in [1.165, 1.54) is 0 Å². The Labute approximate surface area is 156 Å². The molecule has 0 spiro atoms. The Morgan fingerprint density at radius 1 is 0.923 bits per heavy atom. The largest absolute Gasteiger partial charge is 0.313 e. The fourth-order valence-electron chi connectivity index (χ4n) is 2.75. The molecule has 0 amide bonds. The molecule has 0 aliphatic carbocycles. The number of nitrogens with zero attached hydrogens (tertiary/aromatic N) is 1. The van der Waals surface area contributed by atoms with Gasteiger partial charge in [0.2, 0.25) is 7.29 Å². The second kappa shape index (κ2) is 7.02. The van der Waals surface area contributed by atoms with Crippen LogP contribution in [-0.2, 0) is 4.57 Å². The molecule has 0 bridgehead atoms. The van der Waals surface area contributed by atoms with Gasteiger partial charge in [0.05, 0.1) is 0 Å². The van der Waals surface area contributed by atoms with Gasteiger partial charge in [-0.15, -0.1) is 0 Å². The highest BCUT2D eigenvalue weighted by molar-refractivity contribution is 8.17. The minimum absolute atomic E-state index is 0.588. The molecule has 0 unspecified atom stereocenters. The maximum atomic E-state index is 13.6. The van der Waals surface area contributed by atoms with Crippen LogP contribution in [0.5, 0.6) is 0 Å². The lowest BCUT2D eigenvalue weighted by Crippen LogP contribution is -1.98. The summed E-state index contributed by atoms with van der Waals surface area (Å²) in [6.45, 7) is 1.92. The molecule has 0 atom stereocenters. The van der Waals surface area contributed by atoms with E-state index in [0.717, 1.165) is 26.6 Å². The van der Waals surface area contributed by atoms with Crippen molar-refractivity contribution in [1.82, 2.24) is 10.2 Å². The molecule has 0 saturated heterocycles. The van der Waals surface area contributed by atoms with Crippen molar-refractivity contribution in [3.63, 3.8) is 0 Å². The quantitative estimate of drug-likeness (QED) is 0.534. The molecule has 4 nitrogen and oxygen atoms in total. The third-order valence-electron chi connectivity index (χ3n) is 3.95. The van der Waals surface area contributed by atoms with Gasteiger partial charge < -0.3 is 5.09 Å². The molecule has 4 rings (SSSR count). The van der Waals surface area contributed by atoms with E-state index < -0.39 is 7.29 Å². The fourth-order valence-corrected chi connectivity index (χ4v) is 6.52. The molecule has 2 N–H and O–H groups in total. The number of anilines is 1. The zero-order valence-corrected chi connectivity index (χ0v) is 15.9. The van der Waals surface area contributed by atoms with Gasteiger partial charge in [0.15, 0.2) is 5.82 Å². The summed E-state index contributed by atoms with van der Waals surface area (Å²) in [7, 11) is -2.94. The molecule has 26 heavy (non-hydrogen) atoms. The van der Waals surface area contributed by atoms with Crippen molar-refractivity contribution in [1.29, 1.82) is 0 Å². The molecular formula is C20H18N3OPS. The van der Waals surface area contributed by atoms with Crippen LogP contribution in [0.2, 0.25) is 0 Å². The van der Waals surface area contributed by atoms with Gasteiger partial charge >= 0.3 is 0 Å². The summed E-state index contributed by atoms with van der Waals surface area (Å²) in [5.41, 5.74) is 3.03. The number of H-pyrrole nitrogens is 1. The Morgan fingerprint density at radius 3 is 1.92 bits per heavy atom. The lowest BCUT2D eigenvalue weighted by Gasteiger charge is -2.22. The summed E-state index contributed by atoms with van der Waals surface area (Å²) < 4.78 is 13.6. The van der Waals surface area contributed by atoms with E-state index in [4.69, 9.17) is 0 Å². The Bertz CT molecular complexity index is 966. The van der Waals surface area contributed by atoms with Gasteiger partial charge in [0.1, 0.15) is 0 Å². The van der Waals surface area contributed by atoms with Crippen LogP contribution in [0.3, 0.4) is 0 Å². The van der Waals surface area contributed by atoms with Crippen molar-refractivity contribution in [2.24, 2.45) is 0 Å². The molecule has 6 heteroatoms. The van der Waals surface area contributed by atoms with Gasteiger partial charge in [0.25, 0.3) is 0 Å². The van der Waals surface area contributed by atoms with E-state index in [2.05, 4.69) is 15.3 Å². The molecule has 130 valence electrons. The third kappa shape index (κ3) is 3.69. The van der Waals surface area contributed by atoms with Gasteiger partial charge in [-0.05, 0) is 18.1 Å². The third-order valence-corrected chi connectivity index (χ3v) is 7.31. The highest BCUT2D eigenvalue weighted by Gasteiger charge is 2.26. The van der Waals surface area contributed by atoms with E-state index in [1.807, 2.05) is 85.3 Å². The van der Waals surface area contributed by atoms with E-state index >= 15 is 0 Å². The van der Waals surface area contributed by atoms with Crippen LogP contribution in [0, 0.1) is 6.92 Å². The Morgan fingerprint density at radius 2 is 1.46 bits per heavy atom. The normalized spacial score (nSPS) is 15.9. The molecule has 1 aromatic heterocycles. The maximum absolute atomic E-state index is 13.6. The van der Waals surface area contributed by atoms with E-state index in [9.17, 15) is 4.57 Å². The molecule has 1 aliphatic rings. The number of aryl methyl sites for hydroxylation is 1. The van der Waals surface area contributed by atoms with Crippen LogP contribution < -0.4 is 5.09 Å². The monoisotopic (exact) mass is 379 g/mol. The maximum Gasteiger partial charge on any atom is 0.216 e. The topological polar surface area (TPSA) is 57.8 Å². The van der Waals surface area contributed by atoms with Crippen LogP contribution in [0.1, 0.15) is 16.8 Å². The standard InChI is InChI=1S/C20H18N3OPS/c1-15-12-20(22-21-15)23-25(24)13-18(16-8-4-2-5-9-16)26-19(14-25)17-10-6-3-7-11-17/h2-14H,1H3,(H2,21,22,23,24). The van der Waals surface area contributed by atoms with Crippen LogP contribution >= 0.6 is 19.1 Å². The van der Waals surface area contributed by atoms with E-state index in [-0.39, 0.29) is 0 Å². The summed E-state index contributed by atoms with van der Waals surface area (Å²) in [6.07, 6.45) is 0. The SMILES string of the molecule is Cc1cc(NP2(=O)C=C(c3ccccc3)SC(c3ccccc3)=C2)n[nH]1. The Kier molecular flexibility index (Phi) is 4.58. The van der Waals surface area contributed by atoms with Gasteiger partial charge in [-0.25, -0.2) is 0 Å². The summed E-state index contributed by atoms with van der Waals surface area (Å²) in [6, 6.07) is 21.9.